The van der Waals surface area contributed by atoms with Gasteiger partial charge in [-0.25, -0.2) is 0 Å². The molecular formula is C12H16N2O2. The number of primary amides is 1. The SMILES string of the molecule is CC1(C)COC(C(N)=O)N1.c1cc2cc-2c1. The van der Waals surface area contributed by atoms with Crippen LogP contribution in [0.3, 0.4) is 0 Å². The van der Waals surface area contributed by atoms with Crippen LogP contribution < -0.4 is 11.1 Å². The maximum Gasteiger partial charge on any atom is 0.261 e. The Morgan fingerprint density at radius 3 is 2.31 bits per heavy atom. The molecule has 1 atom stereocenters. The van der Waals surface area contributed by atoms with Crippen LogP contribution in [0.15, 0.2) is 24.3 Å². The largest absolute Gasteiger partial charge is 0.366 e. The number of hydrogen-bond acceptors (Lipinski definition) is 3. The Kier molecular flexibility index (Phi) is 2.69. The summed E-state index contributed by atoms with van der Waals surface area (Å²) in [4.78, 5) is 10.5. The van der Waals surface area contributed by atoms with Gasteiger partial charge in [-0.1, -0.05) is 18.2 Å². The highest BCUT2D eigenvalue weighted by Crippen LogP contribution is 2.32. The first-order valence-corrected chi connectivity index (χ1v) is 5.27. The Bertz CT molecular complexity index is 398. The fourth-order valence-electron chi connectivity index (χ4n) is 1.56. The molecule has 3 rings (SSSR count). The van der Waals surface area contributed by atoms with Crippen molar-refractivity contribution in [3.8, 4) is 11.1 Å². The molecule has 0 saturated carbocycles. The third kappa shape index (κ3) is 2.59. The van der Waals surface area contributed by atoms with E-state index in [0.717, 1.165) is 0 Å². The summed E-state index contributed by atoms with van der Waals surface area (Å²) < 4.78 is 5.04. The molecule has 0 aromatic rings. The van der Waals surface area contributed by atoms with E-state index in [0.29, 0.717) is 6.61 Å². The highest BCUT2D eigenvalue weighted by atomic mass is 16.5. The van der Waals surface area contributed by atoms with Crippen LogP contribution in [0.5, 0.6) is 0 Å². The van der Waals surface area contributed by atoms with Gasteiger partial charge in [-0.15, -0.1) is 0 Å². The van der Waals surface area contributed by atoms with Crippen LogP contribution in [0.1, 0.15) is 13.8 Å². The minimum atomic E-state index is -0.602. The monoisotopic (exact) mass is 220 g/mol. The zero-order valence-electron chi connectivity index (χ0n) is 9.49. The molecule has 0 aromatic heterocycles. The lowest BCUT2D eigenvalue weighted by molar-refractivity contribution is -0.127. The molecule has 1 amide bonds. The first-order valence-electron chi connectivity index (χ1n) is 5.27. The summed E-state index contributed by atoms with van der Waals surface area (Å²) >= 11 is 0. The molecule has 1 unspecified atom stereocenters. The van der Waals surface area contributed by atoms with E-state index in [1.165, 1.54) is 11.1 Å². The Balaban J connectivity index is 0.000000134. The molecule has 0 spiro atoms. The molecule has 86 valence electrons. The van der Waals surface area contributed by atoms with Crippen LogP contribution in [0.2, 0.25) is 0 Å². The van der Waals surface area contributed by atoms with Crippen molar-refractivity contribution in [3.63, 3.8) is 0 Å². The molecule has 3 N–H and O–H groups in total. The van der Waals surface area contributed by atoms with Crippen molar-refractivity contribution in [2.75, 3.05) is 6.61 Å². The van der Waals surface area contributed by atoms with Crippen molar-refractivity contribution >= 4 is 5.91 Å². The minimum Gasteiger partial charge on any atom is -0.366 e. The topological polar surface area (TPSA) is 64.3 Å². The molecule has 4 nitrogen and oxygen atoms in total. The first-order chi connectivity index (χ1) is 7.48. The van der Waals surface area contributed by atoms with E-state index >= 15 is 0 Å². The van der Waals surface area contributed by atoms with Gasteiger partial charge in [-0.05, 0) is 31.0 Å². The molecule has 0 aromatic carbocycles. The highest BCUT2D eigenvalue weighted by Gasteiger charge is 2.33. The van der Waals surface area contributed by atoms with Crippen molar-refractivity contribution in [1.29, 1.82) is 0 Å². The fraction of sp³-hybridized carbons (Fsp3) is 0.417. The number of rotatable bonds is 1. The summed E-state index contributed by atoms with van der Waals surface area (Å²) in [5, 5.41) is 2.93. The van der Waals surface area contributed by atoms with Gasteiger partial charge in [0.05, 0.1) is 6.61 Å². The Morgan fingerprint density at radius 1 is 1.50 bits per heavy atom. The van der Waals surface area contributed by atoms with Crippen LogP contribution in [0.25, 0.3) is 11.1 Å². The van der Waals surface area contributed by atoms with E-state index < -0.39 is 12.1 Å². The Labute approximate surface area is 94.8 Å². The summed E-state index contributed by atoms with van der Waals surface area (Å²) in [6.45, 7) is 4.44. The second-order valence-corrected chi connectivity index (χ2v) is 4.70. The van der Waals surface area contributed by atoms with Crippen molar-refractivity contribution in [2.24, 2.45) is 5.73 Å². The van der Waals surface area contributed by atoms with Gasteiger partial charge in [0, 0.05) is 5.54 Å². The van der Waals surface area contributed by atoms with Crippen molar-refractivity contribution < 1.29 is 9.53 Å². The van der Waals surface area contributed by atoms with Gasteiger partial charge < -0.3 is 10.5 Å². The molecule has 1 heterocycles. The zero-order chi connectivity index (χ0) is 11.8. The number of carbonyl (C=O) groups excluding carboxylic acids is 1. The van der Waals surface area contributed by atoms with E-state index in [2.05, 4.69) is 29.6 Å². The fourth-order valence-corrected chi connectivity index (χ4v) is 1.56. The van der Waals surface area contributed by atoms with Gasteiger partial charge in [0.1, 0.15) is 0 Å². The van der Waals surface area contributed by atoms with Crippen LogP contribution >= 0.6 is 0 Å². The zero-order valence-corrected chi connectivity index (χ0v) is 9.49. The summed E-state index contributed by atoms with van der Waals surface area (Å²) in [6.07, 6.45) is -0.602. The van der Waals surface area contributed by atoms with Gasteiger partial charge in [0.2, 0.25) is 0 Å². The molecule has 0 bridgehead atoms. The lowest BCUT2D eigenvalue weighted by Crippen LogP contribution is -2.44. The van der Waals surface area contributed by atoms with Crippen LogP contribution in [-0.4, -0.2) is 24.3 Å². The number of amides is 1. The van der Waals surface area contributed by atoms with Gasteiger partial charge >= 0.3 is 0 Å². The number of nitrogens with one attached hydrogen (secondary N) is 1. The number of nitrogens with two attached hydrogens (primary N) is 1. The van der Waals surface area contributed by atoms with E-state index in [4.69, 9.17) is 10.5 Å². The standard InChI is InChI=1S/C6H12N2O2.C6H4/c1-6(2)3-10-5(8-6)4(7)9;1-2-5-4-6(5)3-1/h5,8H,3H2,1-2H3,(H2,7,9);1-4H. The van der Waals surface area contributed by atoms with Gasteiger partial charge in [0.15, 0.2) is 6.23 Å². The second kappa shape index (κ2) is 3.88. The van der Waals surface area contributed by atoms with E-state index in [1.54, 1.807) is 0 Å². The molecule has 1 aliphatic heterocycles. The van der Waals surface area contributed by atoms with Crippen molar-refractivity contribution in [2.45, 2.75) is 25.6 Å². The van der Waals surface area contributed by atoms with Gasteiger partial charge in [0.25, 0.3) is 5.91 Å². The van der Waals surface area contributed by atoms with E-state index in [-0.39, 0.29) is 5.54 Å². The molecule has 3 aliphatic rings. The normalized spacial score (nSPS) is 23.2. The maximum atomic E-state index is 10.5. The number of hydrogen-bond donors (Lipinski definition) is 2. The summed E-state index contributed by atoms with van der Waals surface area (Å²) in [5.41, 5.74) is 7.72. The highest BCUT2D eigenvalue weighted by molar-refractivity contribution is 5.80. The smallest absolute Gasteiger partial charge is 0.261 e. The van der Waals surface area contributed by atoms with Crippen molar-refractivity contribution in [1.82, 2.24) is 5.32 Å². The minimum absolute atomic E-state index is 0.125. The second-order valence-electron chi connectivity index (χ2n) is 4.70. The Hall–Kier alpha value is -1.39. The maximum absolute atomic E-state index is 10.5. The Morgan fingerprint density at radius 2 is 2.12 bits per heavy atom. The average Bonchev–Trinajstić information content (AvgIpc) is 2.64. The molecule has 4 heteroatoms. The number of carbonyl (C=O) groups is 1. The summed E-state index contributed by atoms with van der Waals surface area (Å²) in [5.74, 6) is -0.453. The predicted octanol–water partition coefficient (Wildman–Crippen LogP) is 0.863. The molecule has 16 heavy (non-hydrogen) atoms. The van der Waals surface area contributed by atoms with Gasteiger partial charge in [-0.3, -0.25) is 10.1 Å². The van der Waals surface area contributed by atoms with E-state index in [9.17, 15) is 4.79 Å². The lowest BCUT2D eigenvalue weighted by Gasteiger charge is -2.14. The molecule has 1 fully saturated rings. The summed E-state index contributed by atoms with van der Waals surface area (Å²) in [7, 11) is 0. The van der Waals surface area contributed by atoms with Crippen LogP contribution in [0, 0.1) is 0 Å². The number of fused-ring (bicyclic) bond motifs is 1. The summed E-state index contributed by atoms with van der Waals surface area (Å²) in [6, 6.07) is 8.48. The number of benzene rings is 1. The lowest BCUT2D eigenvalue weighted by atomic mass is 10.1. The quantitative estimate of drug-likeness (QED) is 0.749. The average molecular weight is 220 g/mol. The molecule has 1 saturated heterocycles. The molecule has 0 radical (unpaired) electrons. The molecule has 2 aliphatic carbocycles. The number of ether oxygens (including phenoxy) is 1. The third-order valence-corrected chi connectivity index (χ3v) is 2.50. The third-order valence-electron chi connectivity index (χ3n) is 2.50. The predicted molar refractivity (Wildman–Crippen MR) is 61.6 cm³/mol. The van der Waals surface area contributed by atoms with Gasteiger partial charge in [-0.2, -0.15) is 0 Å². The first kappa shape index (κ1) is 11.1. The van der Waals surface area contributed by atoms with Crippen LogP contribution in [0.4, 0.5) is 0 Å². The van der Waals surface area contributed by atoms with E-state index in [1.807, 2.05) is 13.8 Å². The van der Waals surface area contributed by atoms with Crippen LogP contribution in [-0.2, 0) is 9.53 Å². The molecular weight excluding hydrogens is 204 g/mol. The van der Waals surface area contributed by atoms with Crippen molar-refractivity contribution in [3.05, 3.63) is 24.3 Å².